The van der Waals surface area contributed by atoms with Crippen LogP contribution in [-0.4, -0.2) is 24.5 Å². The average Bonchev–Trinajstić information content (AvgIpc) is 2.67. The van der Waals surface area contributed by atoms with Gasteiger partial charge in [0.2, 0.25) is 0 Å². The van der Waals surface area contributed by atoms with Gasteiger partial charge < -0.3 is 5.11 Å². The van der Waals surface area contributed by atoms with E-state index in [2.05, 4.69) is 4.98 Å². The molecule has 0 amide bonds. The zero-order valence-corrected chi connectivity index (χ0v) is 12.6. The topological polar surface area (TPSA) is 84.3 Å². The first-order valence-electron chi connectivity index (χ1n) is 5.78. The highest BCUT2D eigenvalue weighted by molar-refractivity contribution is 7.90. The molecule has 1 heterocycles. The normalized spacial score (nSPS) is 11.5. The van der Waals surface area contributed by atoms with Crippen LogP contribution >= 0.6 is 11.3 Å². The molecule has 2 aromatic rings. The first kappa shape index (κ1) is 14.7. The van der Waals surface area contributed by atoms with Gasteiger partial charge in [-0.25, -0.2) is 18.2 Å². The lowest BCUT2D eigenvalue weighted by molar-refractivity contribution is 0.0696. The number of nitrogens with zero attached hydrogens (tertiary/aromatic N) is 1. The summed E-state index contributed by atoms with van der Waals surface area (Å²) in [4.78, 5) is 16.1. The monoisotopic (exact) mass is 311 g/mol. The number of aryl methyl sites for hydroxylation is 2. The van der Waals surface area contributed by atoms with Crippen LogP contribution in [0.15, 0.2) is 29.2 Å². The first-order chi connectivity index (χ1) is 9.29. The summed E-state index contributed by atoms with van der Waals surface area (Å²) in [6.45, 7) is 3.71. The Kier molecular flexibility index (Phi) is 3.92. The Balaban J connectivity index is 2.35. The minimum Gasteiger partial charge on any atom is -0.478 e. The molecular formula is C13H13NO4S2. The van der Waals surface area contributed by atoms with E-state index in [1.807, 2.05) is 13.8 Å². The van der Waals surface area contributed by atoms with Crippen molar-refractivity contribution >= 4 is 27.1 Å². The molecule has 0 aliphatic heterocycles. The van der Waals surface area contributed by atoms with Crippen molar-refractivity contribution in [1.82, 2.24) is 4.98 Å². The zero-order chi connectivity index (χ0) is 14.9. The van der Waals surface area contributed by atoms with Crippen LogP contribution in [0.5, 0.6) is 0 Å². The van der Waals surface area contributed by atoms with Crippen LogP contribution in [0, 0.1) is 13.8 Å². The minimum atomic E-state index is -3.59. The highest BCUT2D eigenvalue weighted by atomic mass is 32.2. The van der Waals surface area contributed by atoms with E-state index in [1.54, 1.807) is 0 Å². The van der Waals surface area contributed by atoms with Crippen LogP contribution in [0.3, 0.4) is 0 Å². The van der Waals surface area contributed by atoms with Gasteiger partial charge in [-0.05, 0) is 32.0 Å². The van der Waals surface area contributed by atoms with E-state index in [0.29, 0.717) is 5.01 Å². The molecule has 0 unspecified atom stereocenters. The number of sulfone groups is 1. The molecule has 0 bridgehead atoms. The second-order valence-corrected chi connectivity index (χ2v) is 7.62. The molecule has 0 saturated carbocycles. The molecule has 2 rings (SSSR count). The predicted molar refractivity (Wildman–Crippen MR) is 75.9 cm³/mol. The molecule has 0 radical (unpaired) electrons. The zero-order valence-electron chi connectivity index (χ0n) is 11.0. The van der Waals surface area contributed by atoms with Crippen molar-refractivity contribution in [3.8, 4) is 0 Å². The molecule has 0 fully saturated rings. The summed E-state index contributed by atoms with van der Waals surface area (Å²) in [5.74, 6) is -1.36. The molecule has 0 aliphatic rings. The van der Waals surface area contributed by atoms with Crippen LogP contribution in [0.4, 0.5) is 0 Å². The van der Waals surface area contributed by atoms with Gasteiger partial charge in [0.1, 0.15) is 10.8 Å². The second-order valence-electron chi connectivity index (χ2n) is 4.34. The Morgan fingerprint density at radius 2 is 2.05 bits per heavy atom. The maximum Gasteiger partial charge on any atom is 0.335 e. The average molecular weight is 311 g/mol. The third-order valence-corrected chi connectivity index (χ3v) is 5.71. The van der Waals surface area contributed by atoms with Gasteiger partial charge in [-0.3, -0.25) is 0 Å². The van der Waals surface area contributed by atoms with Gasteiger partial charge in [-0.1, -0.05) is 6.07 Å². The number of hydrogen-bond acceptors (Lipinski definition) is 5. The van der Waals surface area contributed by atoms with Crippen molar-refractivity contribution in [3.05, 3.63) is 45.4 Å². The van der Waals surface area contributed by atoms with Crippen LogP contribution in [0.2, 0.25) is 0 Å². The van der Waals surface area contributed by atoms with E-state index in [0.717, 1.165) is 10.6 Å². The number of aromatic nitrogens is 1. The maximum atomic E-state index is 12.3. The lowest BCUT2D eigenvalue weighted by Crippen LogP contribution is -2.06. The minimum absolute atomic E-state index is 0.00269. The summed E-state index contributed by atoms with van der Waals surface area (Å²) in [6.07, 6.45) is 0. The number of carbonyl (C=O) groups is 1. The summed E-state index contributed by atoms with van der Waals surface area (Å²) < 4.78 is 24.5. The van der Waals surface area contributed by atoms with Crippen molar-refractivity contribution < 1.29 is 18.3 Å². The van der Waals surface area contributed by atoms with Crippen molar-refractivity contribution in [3.63, 3.8) is 0 Å². The Morgan fingerprint density at radius 1 is 1.35 bits per heavy atom. The summed E-state index contributed by atoms with van der Waals surface area (Å²) in [5.41, 5.74) is 0.775. The fourth-order valence-electron chi connectivity index (χ4n) is 1.67. The van der Waals surface area contributed by atoms with Gasteiger partial charge in [0.25, 0.3) is 0 Å². The molecule has 5 nitrogen and oxygen atoms in total. The molecule has 20 heavy (non-hydrogen) atoms. The highest BCUT2D eigenvalue weighted by Crippen LogP contribution is 2.22. The quantitative estimate of drug-likeness (QED) is 0.937. The molecule has 1 aromatic heterocycles. The molecule has 106 valence electrons. The number of benzene rings is 1. The lowest BCUT2D eigenvalue weighted by Gasteiger charge is -2.03. The van der Waals surface area contributed by atoms with E-state index >= 15 is 0 Å². The smallest absolute Gasteiger partial charge is 0.335 e. The van der Waals surface area contributed by atoms with E-state index in [-0.39, 0.29) is 16.2 Å². The van der Waals surface area contributed by atoms with E-state index in [9.17, 15) is 13.2 Å². The van der Waals surface area contributed by atoms with Crippen LogP contribution in [0.1, 0.15) is 25.9 Å². The summed E-state index contributed by atoms with van der Waals surface area (Å²) in [7, 11) is -3.59. The number of hydrogen-bond donors (Lipinski definition) is 1. The number of aromatic carboxylic acids is 1. The largest absolute Gasteiger partial charge is 0.478 e. The third kappa shape index (κ3) is 3.05. The molecule has 1 aromatic carbocycles. The molecule has 0 atom stereocenters. The predicted octanol–water partition coefficient (Wildman–Crippen LogP) is 2.43. The third-order valence-electron chi connectivity index (χ3n) is 2.83. The van der Waals surface area contributed by atoms with Gasteiger partial charge in [-0.15, -0.1) is 11.3 Å². The van der Waals surface area contributed by atoms with E-state index < -0.39 is 15.8 Å². The van der Waals surface area contributed by atoms with Crippen molar-refractivity contribution in [2.75, 3.05) is 0 Å². The fraction of sp³-hybridized carbons (Fsp3) is 0.231. The van der Waals surface area contributed by atoms with Crippen LogP contribution in [-0.2, 0) is 15.6 Å². The molecule has 0 spiro atoms. The summed E-state index contributed by atoms with van der Waals surface area (Å²) >= 11 is 1.34. The fourth-order valence-corrected chi connectivity index (χ4v) is 4.25. The Bertz CT molecular complexity index is 743. The van der Waals surface area contributed by atoms with Crippen LogP contribution < -0.4 is 0 Å². The molecule has 1 N–H and O–H groups in total. The number of rotatable bonds is 4. The van der Waals surface area contributed by atoms with Crippen molar-refractivity contribution in [1.29, 1.82) is 0 Å². The highest BCUT2D eigenvalue weighted by Gasteiger charge is 2.19. The maximum absolute atomic E-state index is 12.3. The van der Waals surface area contributed by atoms with Gasteiger partial charge in [0, 0.05) is 4.88 Å². The lowest BCUT2D eigenvalue weighted by atomic mass is 10.2. The van der Waals surface area contributed by atoms with Crippen molar-refractivity contribution in [2.24, 2.45) is 0 Å². The summed E-state index contributed by atoms with van der Waals surface area (Å²) in [5, 5.41) is 9.41. The second kappa shape index (κ2) is 5.34. The molecule has 0 saturated heterocycles. The number of thiazole rings is 1. The Hall–Kier alpha value is -1.73. The van der Waals surface area contributed by atoms with Crippen LogP contribution in [0.25, 0.3) is 0 Å². The summed E-state index contributed by atoms with van der Waals surface area (Å²) in [6, 6.07) is 5.35. The number of carboxylic acids is 1. The van der Waals surface area contributed by atoms with Gasteiger partial charge in [0.15, 0.2) is 9.84 Å². The van der Waals surface area contributed by atoms with Gasteiger partial charge >= 0.3 is 5.97 Å². The Morgan fingerprint density at radius 3 is 2.60 bits per heavy atom. The van der Waals surface area contributed by atoms with Gasteiger partial charge in [-0.2, -0.15) is 0 Å². The molecule has 0 aliphatic carbocycles. The first-order valence-corrected chi connectivity index (χ1v) is 8.25. The molecular weight excluding hydrogens is 298 g/mol. The SMILES string of the molecule is Cc1nc(CS(=O)(=O)c2cccc(C(=O)O)c2)sc1C. The Labute approximate surface area is 120 Å². The standard InChI is InChI=1S/C13H13NO4S2/c1-8-9(2)19-12(14-8)7-20(17,18)11-5-3-4-10(6-11)13(15)16/h3-6H,7H2,1-2H3,(H,15,16). The van der Waals surface area contributed by atoms with Gasteiger partial charge in [0.05, 0.1) is 16.2 Å². The van der Waals surface area contributed by atoms with Crippen molar-refractivity contribution in [2.45, 2.75) is 24.5 Å². The van der Waals surface area contributed by atoms with E-state index in [4.69, 9.17) is 5.11 Å². The molecule has 7 heteroatoms. The van der Waals surface area contributed by atoms with E-state index in [1.165, 1.54) is 35.6 Å². The number of carboxylic acid groups (broad SMARTS) is 1.